The van der Waals surface area contributed by atoms with E-state index in [1.165, 1.54) is 4.90 Å². The van der Waals surface area contributed by atoms with Crippen LogP contribution in [-0.2, 0) is 11.3 Å². The van der Waals surface area contributed by atoms with Crippen LogP contribution in [0.4, 0.5) is 4.79 Å². The Morgan fingerprint density at radius 1 is 1.10 bits per heavy atom. The molecule has 29 heavy (non-hydrogen) atoms. The summed E-state index contributed by atoms with van der Waals surface area (Å²) in [5, 5.41) is -0.263. The quantitative estimate of drug-likeness (QED) is 0.443. The summed E-state index contributed by atoms with van der Waals surface area (Å²) >= 11 is 0.952. The van der Waals surface area contributed by atoms with Gasteiger partial charge in [0.25, 0.3) is 11.1 Å². The minimum Gasteiger partial charge on any atom is -0.490 e. The average Bonchev–Trinajstić information content (AvgIpc) is 2.96. The van der Waals surface area contributed by atoms with Crippen molar-refractivity contribution in [3.63, 3.8) is 0 Å². The maximum absolute atomic E-state index is 12.8. The Kier molecular flexibility index (Phi) is 6.77. The molecule has 6 heteroatoms. The molecule has 1 fully saturated rings. The van der Waals surface area contributed by atoms with Gasteiger partial charge in [-0.3, -0.25) is 14.5 Å². The summed E-state index contributed by atoms with van der Waals surface area (Å²) < 4.78 is 11.2. The molecule has 0 atom stereocenters. The topological polar surface area (TPSA) is 55.8 Å². The minimum absolute atomic E-state index is 0.263. The smallest absolute Gasteiger partial charge is 0.293 e. The first-order valence-electron chi connectivity index (χ1n) is 9.34. The number of thioether (sulfide) groups is 1. The Morgan fingerprint density at radius 2 is 1.90 bits per heavy atom. The van der Waals surface area contributed by atoms with E-state index in [1.807, 2.05) is 44.2 Å². The predicted molar refractivity (Wildman–Crippen MR) is 116 cm³/mol. The van der Waals surface area contributed by atoms with Gasteiger partial charge >= 0.3 is 0 Å². The van der Waals surface area contributed by atoms with Crippen LogP contribution in [0, 0.1) is 6.92 Å². The molecule has 0 radical (unpaired) electrons. The molecule has 0 bridgehead atoms. The molecular formula is C23H23NO4S. The first-order valence-corrected chi connectivity index (χ1v) is 10.2. The summed E-state index contributed by atoms with van der Waals surface area (Å²) in [7, 11) is 0. The summed E-state index contributed by atoms with van der Waals surface area (Å²) in [5.74, 6) is 0.909. The van der Waals surface area contributed by atoms with Gasteiger partial charge in [-0.25, -0.2) is 0 Å². The number of rotatable bonds is 8. The van der Waals surface area contributed by atoms with E-state index in [0.29, 0.717) is 29.6 Å². The molecule has 1 aliphatic rings. The molecule has 0 unspecified atom stereocenters. The van der Waals surface area contributed by atoms with Gasteiger partial charge in [0.05, 0.1) is 18.1 Å². The third kappa shape index (κ3) is 4.90. The Morgan fingerprint density at radius 3 is 2.62 bits per heavy atom. The number of amides is 2. The third-order valence-electron chi connectivity index (χ3n) is 4.39. The number of benzene rings is 2. The van der Waals surface area contributed by atoms with E-state index >= 15 is 0 Å². The van der Waals surface area contributed by atoms with Crippen molar-refractivity contribution >= 4 is 29.0 Å². The highest BCUT2D eigenvalue weighted by molar-refractivity contribution is 8.18. The van der Waals surface area contributed by atoms with Crippen LogP contribution in [0.3, 0.4) is 0 Å². The van der Waals surface area contributed by atoms with Gasteiger partial charge in [0.2, 0.25) is 0 Å². The predicted octanol–water partition coefficient (Wildman–Crippen LogP) is 5.20. The highest BCUT2D eigenvalue weighted by atomic mass is 32.2. The zero-order valence-electron chi connectivity index (χ0n) is 16.5. The Balaban J connectivity index is 1.82. The maximum Gasteiger partial charge on any atom is 0.293 e. The van der Waals surface area contributed by atoms with Crippen molar-refractivity contribution in [2.24, 2.45) is 0 Å². The number of hydrogen-bond acceptors (Lipinski definition) is 5. The number of carbonyl (C=O) groups excluding carboxylic acids is 2. The SMILES string of the molecule is C=CCOc1ccc(/C=C2\SC(=O)N(Cc3ccccc3C)C2=O)cc1OCC. The third-order valence-corrected chi connectivity index (χ3v) is 5.29. The van der Waals surface area contributed by atoms with E-state index in [-0.39, 0.29) is 17.7 Å². The molecule has 1 saturated heterocycles. The van der Waals surface area contributed by atoms with Crippen molar-refractivity contribution in [1.82, 2.24) is 4.90 Å². The molecule has 0 saturated carbocycles. The lowest BCUT2D eigenvalue weighted by Crippen LogP contribution is -2.27. The maximum atomic E-state index is 12.8. The van der Waals surface area contributed by atoms with Gasteiger partial charge in [-0.2, -0.15) is 0 Å². The molecule has 0 N–H and O–H groups in total. The first kappa shape index (κ1) is 20.7. The fourth-order valence-corrected chi connectivity index (χ4v) is 3.73. The van der Waals surface area contributed by atoms with Crippen molar-refractivity contribution < 1.29 is 19.1 Å². The fraction of sp³-hybridized carbons (Fsp3) is 0.217. The van der Waals surface area contributed by atoms with Gasteiger partial charge in [-0.15, -0.1) is 0 Å². The lowest BCUT2D eigenvalue weighted by molar-refractivity contribution is -0.123. The average molecular weight is 410 g/mol. The number of carbonyl (C=O) groups is 2. The molecule has 3 rings (SSSR count). The van der Waals surface area contributed by atoms with Crippen LogP contribution in [0.2, 0.25) is 0 Å². The van der Waals surface area contributed by atoms with E-state index in [1.54, 1.807) is 24.3 Å². The molecular weight excluding hydrogens is 386 g/mol. The van der Waals surface area contributed by atoms with Crippen LogP contribution < -0.4 is 9.47 Å². The van der Waals surface area contributed by atoms with Gasteiger partial charge in [-0.1, -0.05) is 43.0 Å². The monoisotopic (exact) mass is 409 g/mol. The molecule has 1 aliphatic heterocycles. The lowest BCUT2D eigenvalue weighted by Gasteiger charge is -2.14. The van der Waals surface area contributed by atoms with Gasteiger partial charge in [0.15, 0.2) is 11.5 Å². The first-order chi connectivity index (χ1) is 14.0. The summed E-state index contributed by atoms with van der Waals surface area (Å²) in [6.45, 7) is 8.63. The van der Waals surface area contributed by atoms with E-state index in [9.17, 15) is 9.59 Å². The minimum atomic E-state index is -0.284. The van der Waals surface area contributed by atoms with Crippen molar-refractivity contribution in [2.75, 3.05) is 13.2 Å². The Hall–Kier alpha value is -2.99. The summed E-state index contributed by atoms with van der Waals surface area (Å²) in [5.41, 5.74) is 2.77. The molecule has 0 aliphatic carbocycles. The molecule has 1 heterocycles. The summed E-state index contributed by atoms with van der Waals surface area (Å²) in [4.78, 5) is 26.9. The van der Waals surface area contributed by atoms with E-state index in [4.69, 9.17) is 9.47 Å². The van der Waals surface area contributed by atoms with Crippen LogP contribution >= 0.6 is 11.8 Å². The van der Waals surface area contributed by atoms with Gasteiger partial charge in [0, 0.05) is 0 Å². The second-order valence-electron chi connectivity index (χ2n) is 6.43. The van der Waals surface area contributed by atoms with Gasteiger partial charge in [0.1, 0.15) is 6.61 Å². The number of ether oxygens (including phenoxy) is 2. The fourth-order valence-electron chi connectivity index (χ4n) is 2.90. The van der Waals surface area contributed by atoms with Gasteiger partial charge < -0.3 is 9.47 Å². The second-order valence-corrected chi connectivity index (χ2v) is 7.43. The zero-order chi connectivity index (χ0) is 20.8. The number of aryl methyl sites for hydroxylation is 1. The highest BCUT2D eigenvalue weighted by Gasteiger charge is 2.35. The Labute approximate surface area is 175 Å². The van der Waals surface area contributed by atoms with Crippen molar-refractivity contribution in [2.45, 2.75) is 20.4 Å². The largest absolute Gasteiger partial charge is 0.490 e. The van der Waals surface area contributed by atoms with E-state index in [0.717, 1.165) is 28.5 Å². The van der Waals surface area contributed by atoms with Crippen molar-refractivity contribution in [3.8, 4) is 11.5 Å². The van der Waals surface area contributed by atoms with E-state index in [2.05, 4.69) is 6.58 Å². The Bertz CT molecular complexity index is 967. The standard InChI is InChI=1S/C23H23NO4S/c1-4-12-28-19-11-10-17(13-20(19)27-5-2)14-21-22(25)24(23(26)29-21)15-18-9-7-6-8-16(18)3/h4,6-11,13-14H,1,5,12,15H2,2-3H3/b21-14-. The van der Waals surface area contributed by atoms with Crippen LogP contribution in [0.1, 0.15) is 23.6 Å². The van der Waals surface area contributed by atoms with Crippen molar-refractivity contribution in [3.05, 3.63) is 76.7 Å². The number of nitrogens with zero attached hydrogens (tertiary/aromatic N) is 1. The lowest BCUT2D eigenvalue weighted by atomic mass is 10.1. The van der Waals surface area contributed by atoms with Gasteiger partial charge in [-0.05, 0) is 60.5 Å². The second kappa shape index (κ2) is 9.47. The van der Waals surface area contributed by atoms with E-state index < -0.39 is 0 Å². The van der Waals surface area contributed by atoms with Crippen LogP contribution in [0.5, 0.6) is 11.5 Å². The molecule has 0 aromatic heterocycles. The number of hydrogen-bond donors (Lipinski definition) is 0. The van der Waals surface area contributed by atoms with Crippen LogP contribution in [-0.4, -0.2) is 29.3 Å². The van der Waals surface area contributed by atoms with Crippen LogP contribution in [0.15, 0.2) is 60.0 Å². The normalized spacial score (nSPS) is 15.1. The van der Waals surface area contributed by atoms with Crippen LogP contribution in [0.25, 0.3) is 6.08 Å². The zero-order valence-corrected chi connectivity index (χ0v) is 17.3. The molecule has 2 aromatic rings. The summed E-state index contributed by atoms with van der Waals surface area (Å²) in [6.07, 6.45) is 3.37. The summed E-state index contributed by atoms with van der Waals surface area (Å²) in [6, 6.07) is 13.2. The van der Waals surface area contributed by atoms with Crippen molar-refractivity contribution in [1.29, 1.82) is 0 Å². The highest BCUT2D eigenvalue weighted by Crippen LogP contribution is 2.35. The number of imide groups is 1. The molecule has 5 nitrogen and oxygen atoms in total. The molecule has 2 aromatic carbocycles. The molecule has 2 amide bonds. The molecule has 0 spiro atoms. The molecule has 150 valence electrons.